The number of ether oxygens (including phenoxy) is 2. The van der Waals surface area contributed by atoms with Gasteiger partial charge >= 0.3 is 11.8 Å². The molecule has 0 atom stereocenters. The van der Waals surface area contributed by atoms with Gasteiger partial charge in [-0.05, 0) is 54.3 Å². The van der Waals surface area contributed by atoms with Crippen molar-refractivity contribution in [2.45, 2.75) is 45.1 Å². The normalized spacial score (nSPS) is 15.3. The topological polar surface area (TPSA) is 18.5 Å². The smallest absolute Gasteiger partial charge is 0.343 e. The second-order valence-electron chi connectivity index (χ2n) is 8.15. The van der Waals surface area contributed by atoms with E-state index in [4.69, 9.17) is 9.47 Å². The van der Waals surface area contributed by atoms with E-state index in [9.17, 15) is 17.6 Å². The second kappa shape index (κ2) is 9.09. The van der Waals surface area contributed by atoms with Crippen LogP contribution in [0.2, 0.25) is 0 Å². The first-order valence-corrected chi connectivity index (χ1v) is 11.0. The summed E-state index contributed by atoms with van der Waals surface area (Å²) in [6, 6.07) is 8.28. The van der Waals surface area contributed by atoms with Gasteiger partial charge in [-0.1, -0.05) is 31.5 Å². The van der Waals surface area contributed by atoms with Crippen molar-refractivity contribution in [1.82, 2.24) is 0 Å². The predicted octanol–water partition coefficient (Wildman–Crippen LogP) is 7.90. The molecule has 9 heteroatoms. The Morgan fingerprint density at radius 3 is 1.91 bits per heavy atom. The molecule has 0 fully saturated rings. The Hall–Kier alpha value is -3.23. The van der Waals surface area contributed by atoms with Crippen molar-refractivity contribution < 1.29 is 40.2 Å². The third kappa shape index (κ3) is 4.00. The lowest BCUT2D eigenvalue weighted by molar-refractivity contribution is -0.228. The van der Waals surface area contributed by atoms with Crippen molar-refractivity contribution in [3.63, 3.8) is 0 Å². The van der Waals surface area contributed by atoms with Gasteiger partial charge in [0.15, 0.2) is 23.1 Å². The molecule has 0 radical (unpaired) electrons. The van der Waals surface area contributed by atoms with Gasteiger partial charge in [0.05, 0.1) is 17.7 Å². The minimum atomic E-state index is -5.08. The summed E-state index contributed by atoms with van der Waals surface area (Å²) in [7, 11) is 0. The molecule has 3 aromatic carbocycles. The molecule has 186 valence electrons. The first-order valence-electron chi connectivity index (χ1n) is 11.0. The summed E-state index contributed by atoms with van der Waals surface area (Å²) in [6.45, 7) is 2.64. The average molecular weight is 498 g/mol. The molecule has 0 saturated heterocycles. The van der Waals surface area contributed by atoms with Crippen LogP contribution in [0.4, 0.5) is 30.7 Å². The molecule has 1 aliphatic carbocycles. The number of hydrogen-bond donors (Lipinski definition) is 0. The summed E-state index contributed by atoms with van der Waals surface area (Å²) in [4.78, 5) is 0. The average Bonchev–Trinajstić information content (AvgIpc) is 2.79. The monoisotopic (exact) mass is 498 g/mol. The second-order valence-corrected chi connectivity index (χ2v) is 8.15. The van der Waals surface area contributed by atoms with Crippen LogP contribution < -0.4 is 9.47 Å². The zero-order valence-corrected chi connectivity index (χ0v) is 18.8. The molecule has 0 saturated carbocycles. The van der Waals surface area contributed by atoms with Gasteiger partial charge in [0, 0.05) is 5.56 Å². The zero-order chi connectivity index (χ0) is 25.5. The standard InChI is InChI=1S/C26H21F7O2/c1-3-5-14-6-10-19(18(27)12-14)35-13-15-7-8-16-17-9-11-20(34-4-2)24(29)22(17)26(32,33)25(30,31)21(16)23(15)28/h6-12H,3-5,13H2,1-2H3. The van der Waals surface area contributed by atoms with Crippen LogP contribution in [-0.2, 0) is 24.9 Å². The molecule has 0 bridgehead atoms. The largest absolute Gasteiger partial charge is 0.491 e. The van der Waals surface area contributed by atoms with Crippen molar-refractivity contribution in [2.75, 3.05) is 6.61 Å². The fraction of sp³-hybridized carbons (Fsp3) is 0.308. The van der Waals surface area contributed by atoms with Gasteiger partial charge in [-0.15, -0.1) is 0 Å². The molecule has 1 aliphatic rings. The van der Waals surface area contributed by atoms with Gasteiger partial charge in [-0.25, -0.2) is 13.2 Å². The van der Waals surface area contributed by atoms with Gasteiger partial charge < -0.3 is 9.47 Å². The highest BCUT2D eigenvalue weighted by Crippen LogP contribution is 2.60. The van der Waals surface area contributed by atoms with Crippen LogP contribution >= 0.6 is 0 Å². The highest BCUT2D eigenvalue weighted by molar-refractivity contribution is 5.77. The molecule has 0 amide bonds. The number of hydrogen-bond acceptors (Lipinski definition) is 2. The third-order valence-corrected chi connectivity index (χ3v) is 5.86. The van der Waals surface area contributed by atoms with Crippen LogP contribution in [0.1, 0.15) is 42.5 Å². The molecule has 0 N–H and O–H groups in total. The van der Waals surface area contributed by atoms with Crippen LogP contribution in [-0.4, -0.2) is 6.61 Å². The van der Waals surface area contributed by atoms with Crippen molar-refractivity contribution in [1.29, 1.82) is 0 Å². The van der Waals surface area contributed by atoms with Gasteiger partial charge in [-0.2, -0.15) is 17.6 Å². The van der Waals surface area contributed by atoms with E-state index in [0.717, 1.165) is 36.2 Å². The Kier molecular flexibility index (Phi) is 6.46. The van der Waals surface area contributed by atoms with Crippen molar-refractivity contribution >= 4 is 0 Å². The number of aryl methyl sites for hydroxylation is 1. The molecule has 0 spiro atoms. The van der Waals surface area contributed by atoms with Gasteiger partial charge in [0.1, 0.15) is 12.4 Å². The summed E-state index contributed by atoms with van der Waals surface area (Å²) >= 11 is 0. The number of benzene rings is 3. The Bertz CT molecular complexity index is 1270. The quantitative estimate of drug-likeness (QED) is 0.308. The summed E-state index contributed by atoms with van der Waals surface area (Å²) < 4.78 is 114. The minimum absolute atomic E-state index is 0.0752. The van der Waals surface area contributed by atoms with Gasteiger partial charge in [-0.3, -0.25) is 0 Å². The molecule has 2 nitrogen and oxygen atoms in total. The van der Waals surface area contributed by atoms with E-state index < -0.39 is 69.5 Å². The van der Waals surface area contributed by atoms with Crippen molar-refractivity contribution in [3.05, 3.63) is 82.2 Å². The molecule has 0 aromatic heterocycles. The predicted molar refractivity (Wildman–Crippen MR) is 115 cm³/mol. The highest BCUT2D eigenvalue weighted by atomic mass is 19.3. The highest BCUT2D eigenvalue weighted by Gasteiger charge is 2.65. The first-order chi connectivity index (χ1) is 16.5. The summed E-state index contributed by atoms with van der Waals surface area (Å²) in [5, 5.41) is 0. The lowest BCUT2D eigenvalue weighted by Gasteiger charge is -2.35. The van der Waals surface area contributed by atoms with E-state index in [1.54, 1.807) is 6.07 Å². The fourth-order valence-corrected chi connectivity index (χ4v) is 4.19. The number of alkyl halides is 4. The Morgan fingerprint density at radius 1 is 0.714 bits per heavy atom. The first kappa shape index (κ1) is 24.9. The zero-order valence-electron chi connectivity index (χ0n) is 18.8. The maximum atomic E-state index is 15.3. The van der Waals surface area contributed by atoms with Crippen LogP contribution in [0.3, 0.4) is 0 Å². The lowest BCUT2D eigenvalue weighted by atomic mass is 9.79. The molecule has 4 rings (SSSR count). The SMILES string of the molecule is CCCc1ccc(OCc2ccc3c(c2F)C(F)(F)C(F)(F)c2c-3ccc(OCC)c2F)c(F)c1. The minimum Gasteiger partial charge on any atom is -0.491 e. The molecular formula is C26H21F7O2. The molecule has 0 unspecified atom stereocenters. The summed E-state index contributed by atoms with van der Waals surface area (Å²) in [5.74, 6) is -15.0. The van der Waals surface area contributed by atoms with E-state index >= 15 is 13.2 Å². The number of halogens is 7. The van der Waals surface area contributed by atoms with Gasteiger partial charge in [0.25, 0.3) is 0 Å². The molecular weight excluding hydrogens is 477 g/mol. The number of fused-ring (bicyclic) bond motifs is 3. The Morgan fingerprint density at radius 2 is 1.31 bits per heavy atom. The van der Waals surface area contributed by atoms with Crippen LogP contribution in [0.25, 0.3) is 11.1 Å². The summed E-state index contributed by atoms with van der Waals surface area (Å²) in [6.07, 6.45) is 1.42. The van der Waals surface area contributed by atoms with Crippen molar-refractivity contribution in [2.24, 2.45) is 0 Å². The van der Waals surface area contributed by atoms with E-state index in [-0.39, 0.29) is 12.4 Å². The molecule has 0 heterocycles. The maximum absolute atomic E-state index is 15.3. The number of rotatable bonds is 7. The molecule has 3 aromatic rings. The van der Waals surface area contributed by atoms with Crippen LogP contribution in [0, 0.1) is 17.5 Å². The Labute approximate surface area is 197 Å². The van der Waals surface area contributed by atoms with Crippen LogP contribution in [0.5, 0.6) is 11.5 Å². The van der Waals surface area contributed by atoms with Crippen LogP contribution in [0.15, 0.2) is 42.5 Å². The van der Waals surface area contributed by atoms with E-state index in [2.05, 4.69) is 0 Å². The summed E-state index contributed by atoms with van der Waals surface area (Å²) in [5.41, 5.74) is -4.03. The van der Waals surface area contributed by atoms with Gasteiger partial charge in [0.2, 0.25) is 0 Å². The fourth-order valence-electron chi connectivity index (χ4n) is 4.19. The Balaban J connectivity index is 1.76. The lowest BCUT2D eigenvalue weighted by Crippen LogP contribution is -2.41. The maximum Gasteiger partial charge on any atom is 0.343 e. The third-order valence-electron chi connectivity index (χ3n) is 5.86. The van der Waals surface area contributed by atoms with E-state index in [0.29, 0.717) is 6.42 Å². The van der Waals surface area contributed by atoms with E-state index in [1.807, 2.05) is 6.92 Å². The van der Waals surface area contributed by atoms with E-state index in [1.165, 1.54) is 19.1 Å². The molecule has 35 heavy (non-hydrogen) atoms. The molecule has 0 aliphatic heterocycles. The van der Waals surface area contributed by atoms with Crippen molar-refractivity contribution in [3.8, 4) is 22.6 Å².